The van der Waals surface area contributed by atoms with Gasteiger partial charge in [0.15, 0.2) is 0 Å². The van der Waals surface area contributed by atoms with Gasteiger partial charge in [-0.25, -0.2) is 0 Å². The fourth-order valence-corrected chi connectivity index (χ4v) is 194. The van der Waals surface area contributed by atoms with Crippen molar-refractivity contribution in [3.63, 3.8) is 0 Å². The van der Waals surface area contributed by atoms with Crippen LogP contribution in [0.2, 0.25) is 91.7 Å². The normalized spacial score (nSPS) is 23.9. The fourth-order valence-electron chi connectivity index (χ4n) is 23.5. The van der Waals surface area contributed by atoms with Crippen molar-refractivity contribution in [3.05, 3.63) is 309 Å². The molecule has 2 saturated heterocycles. The third kappa shape index (κ3) is 8.52. The minimum absolute atomic E-state index is 0.798. The zero-order chi connectivity index (χ0) is 75.2. The molecule has 5 spiro atoms. The number of hydrogen-bond acceptors (Lipinski definition) is 4. The average molecular weight is 1710 g/mol. The van der Waals surface area contributed by atoms with Gasteiger partial charge in [0.05, 0.1) is 0 Å². The van der Waals surface area contributed by atoms with Crippen LogP contribution in [-0.4, -0.2) is 49.9 Å². The van der Waals surface area contributed by atoms with Crippen LogP contribution < -0.4 is 20.7 Å². The summed E-state index contributed by atoms with van der Waals surface area (Å²) in [5, 5.41) is 5.66. The number of hydrogen-bond donors (Lipinski definition) is 0. The van der Waals surface area contributed by atoms with E-state index in [1.54, 1.807) is 0 Å². The van der Waals surface area contributed by atoms with Crippen LogP contribution in [-0.2, 0) is 25.8 Å². The quantitative estimate of drug-likeness (QED) is 0.114. The first-order chi connectivity index (χ1) is 50.6. The molecule has 6 heterocycles. The number of rotatable bonds is 12. The van der Waals surface area contributed by atoms with Gasteiger partial charge in [0, 0.05) is 0 Å². The van der Waals surface area contributed by atoms with Crippen LogP contribution in [0.15, 0.2) is 236 Å². The van der Waals surface area contributed by atoms with Crippen molar-refractivity contribution in [2.24, 2.45) is 0 Å². The number of benzene rings is 8. The van der Waals surface area contributed by atoms with Gasteiger partial charge in [0.25, 0.3) is 0 Å². The number of furan rings is 4. The molecule has 8 aromatic carbocycles. The second-order valence-electron chi connectivity index (χ2n) is 36.5. The summed E-state index contributed by atoms with van der Waals surface area (Å²) in [6.45, 7) is 43.1. The Bertz CT molecular complexity index is 5210. The topological polar surface area (TPSA) is 52.6 Å². The molecule has 0 N–H and O–H groups in total. The molecule has 4 nitrogen and oxygen atoms in total. The molecular weight excluding hydrogens is 1610 g/mol. The first-order valence-corrected chi connectivity index (χ1v) is 73.2. The predicted octanol–water partition coefficient (Wildman–Crippen LogP) is 23.7. The van der Waals surface area contributed by atoms with E-state index in [9.17, 15) is 17.2 Å². The monoisotopic (exact) mass is 1710 g/mol. The van der Waals surface area contributed by atoms with Crippen molar-refractivity contribution in [1.82, 2.24) is 0 Å². The summed E-state index contributed by atoms with van der Waals surface area (Å²) >= 11 is -8.84. The van der Waals surface area contributed by atoms with Crippen molar-refractivity contribution in [3.8, 4) is 44.5 Å². The van der Waals surface area contributed by atoms with Crippen LogP contribution in [0.25, 0.3) is 91.1 Å². The summed E-state index contributed by atoms with van der Waals surface area (Å²) in [4.78, 5) is 0. The van der Waals surface area contributed by atoms with E-state index in [0.717, 1.165) is 135 Å². The third-order valence-electron chi connectivity index (χ3n) is 27.4. The Morgan fingerprint density at radius 2 is 0.467 bits per heavy atom. The number of fused-ring (bicyclic) bond motifs is 12. The molecule has 18 rings (SSSR count). The van der Waals surface area contributed by atoms with Crippen LogP contribution in [0.3, 0.4) is 0 Å². The van der Waals surface area contributed by atoms with Crippen molar-refractivity contribution in [2.75, 3.05) is 0 Å². The third-order valence-corrected chi connectivity index (χ3v) is 150. The standard InChI is InChI=1S/2C47H48O2Si3.2ClH.Hf/c2*1-30-16-26-44(48-30)42-28-40-36(32-18-22-34(23-19-32)51(4,5)6)12-10-14-38(40)46(42)50(3)47-39-15-11-13-37(33-20-24-35(25-21-33)52(7,8)9)41(39)29-43(47)45-27-17-31(2)49-45;;;/h2*10-29,50H,1-9H3;2*1H;/q;;;;+2/p-2. The van der Waals surface area contributed by atoms with E-state index in [1.807, 2.05) is 0 Å². The maximum atomic E-state index is 12.2. The van der Waals surface area contributed by atoms with Crippen LogP contribution in [0.1, 0.15) is 90.6 Å². The molecule has 0 bridgehead atoms. The molecule has 107 heavy (non-hydrogen) atoms. The molecule has 4 unspecified atom stereocenters. The van der Waals surface area contributed by atoms with E-state index in [2.05, 4.69) is 362 Å². The zero-order valence-corrected chi connectivity index (χ0v) is 76.6. The van der Waals surface area contributed by atoms with Gasteiger partial charge in [-0.2, -0.15) is 0 Å². The minimum atomic E-state index is -8.84. The summed E-state index contributed by atoms with van der Waals surface area (Å²) in [6.07, 6.45) is 10.3. The second-order valence-corrected chi connectivity index (χ2v) is 111. The van der Waals surface area contributed by atoms with E-state index >= 15 is 0 Å². The Morgan fingerprint density at radius 1 is 0.271 bits per heavy atom. The maximum absolute atomic E-state index is 12.2. The molecule has 2 aliphatic heterocycles. The molecule has 13 heteroatoms. The van der Waals surface area contributed by atoms with Gasteiger partial charge in [-0.05, 0) is 0 Å². The van der Waals surface area contributed by atoms with Crippen LogP contribution in [0.4, 0.5) is 0 Å². The number of allylic oxidation sites excluding steroid dienone is 4. The second kappa shape index (κ2) is 23.1. The van der Waals surface area contributed by atoms with Gasteiger partial charge in [0.2, 0.25) is 0 Å². The SMILES string of the molecule is Cc1ccc(C2=Cc3c(-c4ccc([Si](C)(C)C)cc4)cccc3[C]23[SiH](C)[C]2(C(c4ccc(C)o4)=Cc4c(-c5ccc([Si](C)(C)C)cc5)cccc42)[Hf]32([Cl])([Cl])[C]3(C(c4ccc(C)o4)=Cc4c(-c5ccc([Si](C)(C)C)cc5)cccc43)[SiH](C)[C]23C(c2ccc(C)o2)=Cc2c(-c4ccc([Si](C)(C)C)cc4)cccc23)o1. The molecule has 4 aromatic heterocycles. The van der Waals surface area contributed by atoms with E-state index in [-0.39, 0.29) is 0 Å². The predicted molar refractivity (Wildman–Crippen MR) is 469 cm³/mol. The Hall–Kier alpha value is -7.41. The molecule has 538 valence electrons. The Kier molecular flexibility index (Phi) is 15.4. The van der Waals surface area contributed by atoms with Gasteiger partial charge in [0.1, 0.15) is 0 Å². The molecule has 0 radical (unpaired) electrons. The van der Waals surface area contributed by atoms with Crippen LogP contribution in [0, 0.1) is 27.7 Å². The first-order valence-electron chi connectivity index (χ1n) is 38.5. The van der Waals surface area contributed by atoms with E-state index in [1.165, 1.54) is 43.0 Å². The molecule has 12 aromatic rings. The van der Waals surface area contributed by atoms with Crippen molar-refractivity contribution >= 4 is 134 Å². The Labute approximate surface area is 644 Å². The van der Waals surface area contributed by atoms with Gasteiger partial charge in [-0.3, -0.25) is 0 Å². The van der Waals surface area contributed by atoms with E-state index in [4.69, 9.17) is 17.7 Å². The Morgan fingerprint density at radius 3 is 0.636 bits per heavy atom. The first kappa shape index (κ1) is 71.2. The summed E-state index contributed by atoms with van der Waals surface area (Å²) in [7, 11) is 11.2. The van der Waals surface area contributed by atoms with Gasteiger partial charge in [-0.1, -0.05) is 0 Å². The molecule has 6 aliphatic rings. The number of halogens is 2. The number of aryl methyl sites for hydroxylation is 4. The van der Waals surface area contributed by atoms with Crippen molar-refractivity contribution in [1.29, 1.82) is 0 Å². The summed E-state index contributed by atoms with van der Waals surface area (Å²) < 4.78 is 25.7. The van der Waals surface area contributed by atoms with Gasteiger partial charge < -0.3 is 0 Å². The summed E-state index contributed by atoms with van der Waals surface area (Å²) in [6, 6.07) is 84.8. The van der Waals surface area contributed by atoms with Crippen LogP contribution >= 0.6 is 17.2 Å². The van der Waals surface area contributed by atoms with Crippen LogP contribution in [0.5, 0.6) is 0 Å². The van der Waals surface area contributed by atoms with E-state index < -0.39 is 75.7 Å². The average Bonchev–Trinajstić information content (AvgIpc) is 1.51. The fraction of sp³-hybridized carbons (Fsp3) is 0.234. The molecule has 0 amide bonds. The summed E-state index contributed by atoms with van der Waals surface area (Å²) in [5.74, 6) is 6.48. The molecular formula is C94H96Cl2HfO4Si6. The molecule has 4 aliphatic carbocycles. The van der Waals surface area contributed by atoms with Gasteiger partial charge in [-0.15, -0.1) is 0 Å². The van der Waals surface area contributed by atoms with Crippen molar-refractivity contribution < 1.29 is 32.3 Å². The molecule has 2 fully saturated rings. The zero-order valence-electron chi connectivity index (χ0n) is 65.1. The van der Waals surface area contributed by atoms with Crippen molar-refractivity contribution in [2.45, 2.75) is 131 Å². The molecule has 0 saturated carbocycles. The Balaban J connectivity index is 1.12. The van der Waals surface area contributed by atoms with E-state index in [0.29, 0.717) is 0 Å². The van der Waals surface area contributed by atoms with Gasteiger partial charge >= 0.3 is 651 Å². The molecule has 4 atom stereocenters. The summed E-state index contributed by atoms with van der Waals surface area (Å²) in [5.41, 5.74) is 22.8.